The second-order valence-electron chi connectivity index (χ2n) is 6.25. The number of nitrogens with zero attached hydrogens (tertiary/aromatic N) is 5. The quantitative estimate of drug-likeness (QED) is 0.337. The van der Waals surface area contributed by atoms with E-state index in [1.165, 1.54) is 0 Å². The average molecular weight is 395 g/mol. The Bertz CT molecular complexity index is 1140. The maximum absolute atomic E-state index is 13.0. The first-order valence-electron chi connectivity index (χ1n) is 9.26. The first kappa shape index (κ1) is 18.6. The maximum atomic E-state index is 13.0. The Balaban J connectivity index is 1.76. The zero-order valence-corrected chi connectivity index (χ0v) is 16.4. The predicted octanol–water partition coefficient (Wildman–Crippen LogP) is 3.16. The van der Waals surface area contributed by atoms with Crippen molar-refractivity contribution in [1.29, 1.82) is 0 Å². The van der Waals surface area contributed by atoms with Crippen LogP contribution in [-0.2, 0) is 17.0 Å². The second kappa shape index (κ2) is 8.53. The van der Waals surface area contributed by atoms with Crippen molar-refractivity contribution in [3.05, 3.63) is 64.7 Å². The number of rotatable bonds is 8. The Labute approximate surface area is 166 Å². The molecule has 0 aliphatic carbocycles. The van der Waals surface area contributed by atoms with Gasteiger partial charge in [-0.1, -0.05) is 30.0 Å². The number of thioether (sulfide) groups is 1. The number of hydrogen-bond donors (Lipinski definition) is 0. The number of aromatic nitrogens is 5. The fraction of sp³-hybridized carbons (Fsp3) is 0.300. The van der Waals surface area contributed by atoms with Crippen LogP contribution in [0.5, 0.6) is 0 Å². The zero-order valence-electron chi connectivity index (χ0n) is 15.6. The minimum absolute atomic E-state index is 0.0479. The van der Waals surface area contributed by atoms with Crippen LogP contribution in [0.25, 0.3) is 16.7 Å². The second-order valence-corrected chi connectivity index (χ2v) is 7.19. The number of benzene rings is 1. The summed E-state index contributed by atoms with van der Waals surface area (Å²) in [6.45, 7) is 3.78. The molecule has 7 nitrogen and oxygen atoms in total. The summed E-state index contributed by atoms with van der Waals surface area (Å²) in [7, 11) is 0. The van der Waals surface area contributed by atoms with Gasteiger partial charge in [0.05, 0.1) is 16.6 Å². The number of hydrogen-bond acceptors (Lipinski definition) is 6. The molecule has 0 spiro atoms. The van der Waals surface area contributed by atoms with Crippen molar-refractivity contribution >= 4 is 28.4 Å². The van der Waals surface area contributed by atoms with E-state index in [4.69, 9.17) is 4.74 Å². The molecule has 144 valence electrons. The van der Waals surface area contributed by atoms with Crippen LogP contribution in [0.4, 0.5) is 0 Å². The standard InChI is InChI=1S/C20H21N5O2S/c1-2-27-13-7-12-24-18(26)16-9-3-4-10-17(16)25-19(24)22-23-20(25)28-14-15-8-5-6-11-21-15/h3-6,8-11H,2,7,12-14H2,1H3. The van der Waals surface area contributed by atoms with Gasteiger partial charge in [-0.25, -0.2) is 0 Å². The summed E-state index contributed by atoms with van der Waals surface area (Å²) in [6.07, 6.45) is 2.52. The van der Waals surface area contributed by atoms with Gasteiger partial charge in [0.1, 0.15) is 0 Å². The Morgan fingerprint density at radius 3 is 2.79 bits per heavy atom. The monoisotopic (exact) mass is 395 g/mol. The molecule has 0 aliphatic heterocycles. The molecule has 3 aromatic heterocycles. The topological polar surface area (TPSA) is 74.3 Å². The molecule has 0 saturated carbocycles. The molecule has 0 atom stereocenters. The summed E-state index contributed by atoms with van der Waals surface area (Å²) in [5, 5.41) is 10.1. The highest BCUT2D eigenvalue weighted by Gasteiger charge is 2.16. The van der Waals surface area contributed by atoms with Gasteiger partial charge in [0.15, 0.2) is 5.16 Å². The van der Waals surface area contributed by atoms with Gasteiger partial charge in [0.25, 0.3) is 5.56 Å². The van der Waals surface area contributed by atoms with Crippen molar-refractivity contribution < 1.29 is 4.74 Å². The van der Waals surface area contributed by atoms with E-state index >= 15 is 0 Å². The van der Waals surface area contributed by atoms with E-state index in [0.29, 0.717) is 36.7 Å². The highest BCUT2D eigenvalue weighted by molar-refractivity contribution is 7.98. The van der Waals surface area contributed by atoms with Gasteiger partial charge in [-0.15, -0.1) is 10.2 Å². The SMILES string of the molecule is CCOCCCn1c(=O)c2ccccc2n2c(SCc3ccccn3)nnc12. The molecular formula is C20H21N5O2S. The minimum Gasteiger partial charge on any atom is -0.382 e. The molecule has 0 radical (unpaired) electrons. The van der Waals surface area contributed by atoms with Crippen LogP contribution < -0.4 is 5.56 Å². The van der Waals surface area contributed by atoms with Crippen molar-refractivity contribution in [1.82, 2.24) is 24.1 Å². The van der Waals surface area contributed by atoms with Crippen LogP contribution >= 0.6 is 11.8 Å². The van der Waals surface area contributed by atoms with Crippen LogP contribution in [-0.4, -0.2) is 37.4 Å². The van der Waals surface area contributed by atoms with Gasteiger partial charge >= 0.3 is 0 Å². The third-order valence-corrected chi connectivity index (χ3v) is 5.39. The van der Waals surface area contributed by atoms with Crippen LogP contribution in [0.15, 0.2) is 58.6 Å². The average Bonchev–Trinajstić information content (AvgIpc) is 3.16. The van der Waals surface area contributed by atoms with E-state index in [0.717, 1.165) is 22.8 Å². The Morgan fingerprint density at radius 1 is 1.11 bits per heavy atom. The van der Waals surface area contributed by atoms with Crippen molar-refractivity contribution in [2.24, 2.45) is 0 Å². The Morgan fingerprint density at radius 2 is 1.96 bits per heavy atom. The lowest BCUT2D eigenvalue weighted by Crippen LogP contribution is -2.24. The molecule has 0 amide bonds. The summed E-state index contributed by atoms with van der Waals surface area (Å²) in [5.74, 6) is 1.24. The molecule has 0 saturated heterocycles. The highest BCUT2D eigenvalue weighted by atomic mass is 32.2. The summed E-state index contributed by atoms with van der Waals surface area (Å²) in [5.41, 5.74) is 1.74. The Hall–Kier alpha value is -2.71. The number of para-hydroxylation sites is 1. The normalized spacial score (nSPS) is 11.5. The fourth-order valence-electron chi connectivity index (χ4n) is 3.12. The van der Waals surface area contributed by atoms with Gasteiger partial charge in [-0.3, -0.25) is 18.7 Å². The molecule has 0 unspecified atom stereocenters. The first-order valence-corrected chi connectivity index (χ1v) is 10.2. The van der Waals surface area contributed by atoms with Crippen molar-refractivity contribution in [2.75, 3.05) is 13.2 Å². The number of aryl methyl sites for hydroxylation is 1. The lowest BCUT2D eigenvalue weighted by molar-refractivity contribution is 0.141. The van der Waals surface area contributed by atoms with E-state index in [9.17, 15) is 4.79 Å². The van der Waals surface area contributed by atoms with E-state index < -0.39 is 0 Å². The molecule has 0 fully saturated rings. The summed E-state index contributed by atoms with van der Waals surface area (Å²) < 4.78 is 9.08. The molecule has 28 heavy (non-hydrogen) atoms. The van der Waals surface area contributed by atoms with E-state index in [1.54, 1.807) is 22.5 Å². The van der Waals surface area contributed by atoms with Crippen molar-refractivity contribution in [2.45, 2.75) is 30.8 Å². The fourth-order valence-corrected chi connectivity index (χ4v) is 3.98. The minimum atomic E-state index is -0.0479. The van der Waals surface area contributed by atoms with Crippen LogP contribution in [0.2, 0.25) is 0 Å². The van der Waals surface area contributed by atoms with Gasteiger partial charge in [-0.05, 0) is 37.6 Å². The molecule has 0 aliphatic rings. The molecule has 8 heteroatoms. The van der Waals surface area contributed by atoms with Gasteiger partial charge < -0.3 is 4.74 Å². The maximum Gasteiger partial charge on any atom is 0.262 e. The lowest BCUT2D eigenvalue weighted by Gasteiger charge is -2.11. The van der Waals surface area contributed by atoms with E-state index in [-0.39, 0.29) is 5.56 Å². The molecule has 4 aromatic rings. The first-order chi connectivity index (χ1) is 13.8. The van der Waals surface area contributed by atoms with Gasteiger partial charge in [0, 0.05) is 31.7 Å². The lowest BCUT2D eigenvalue weighted by atomic mass is 10.2. The molecule has 0 N–H and O–H groups in total. The summed E-state index contributed by atoms with van der Waals surface area (Å²) >= 11 is 1.56. The van der Waals surface area contributed by atoms with Gasteiger partial charge in [0.2, 0.25) is 5.78 Å². The zero-order chi connectivity index (χ0) is 19.3. The molecule has 4 rings (SSSR count). The van der Waals surface area contributed by atoms with Crippen molar-refractivity contribution in [3.8, 4) is 0 Å². The smallest absolute Gasteiger partial charge is 0.262 e. The number of pyridine rings is 1. The predicted molar refractivity (Wildman–Crippen MR) is 110 cm³/mol. The number of fused-ring (bicyclic) bond motifs is 3. The summed E-state index contributed by atoms with van der Waals surface area (Å²) in [6, 6.07) is 13.4. The van der Waals surface area contributed by atoms with E-state index in [2.05, 4.69) is 15.2 Å². The third kappa shape index (κ3) is 3.65. The largest absolute Gasteiger partial charge is 0.382 e. The van der Waals surface area contributed by atoms with Crippen molar-refractivity contribution in [3.63, 3.8) is 0 Å². The van der Waals surface area contributed by atoms with Gasteiger partial charge in [-0.2, -0.15) is 0 Å². The van der Waals surface area contributed by atoms with E-state index in [1.807, 2.05) is 53.8 Å². The summed E-state index contributed by atoms with van der Waals surface area (Å²) in [4.78, 5) is 17.4. The number of ether oxygens (including phenoxy) is 1. The van der Waals surface area contributed by atoms with Crippen LogP contribution in [0, 0.1) is 0 Å². The molecule has 0 bridgehead atoms. The van der Waals surface area contributed by atoms with Crippen LogP contribution in [0.3, 0.4) is 0 Å². The highest BCUT2D eigenvalue weighted by Crippen LogP contribution is 2.24. The molecule has 1 aromatic carbocycles. The van der Waals surface area contributed by atoms with Crippen LogP contribution in [0.1, 0.15) is 19.0 Å². The molecule has 3 heterocycles. The third-order valence-electron chi connectivity index (χ3n) is 4.43. The molecular weight excluding hydrogens is 374 g/mol. The Kier molecular flexibility index (Phi) is 5.68.